The molecule has 0 atom stereocenters. The van der Waals surface area contributed by atoms with Crippen LogP contribution in [0.3, 0.4) is 0 Å². The molecule has 0 amide bonds. The summed E-state index contributed by atoms with van der Waals surface area (Å²) >= 11 is 1.67. The van der Waals surface area contributed by atoms with Crippen LogP contribution in [-0.4, -0.2) is 36.3 Å². The van der Waals surface area contributed by atoms with Crippen molar-refractivity contribution in [3.8, 4) is 22.8 Å². The molecule has 1 fully saturated rings. The van der Waals surface area contributed by atoms with Crippen LogP contribution in [0.25, 0.3) is 11.3 Å². The number of anilines is 2. The van der Waals surface area contributed by atoms with E-state index >= 15 is 0 Å². The number of hydrogen-bond acceptors (Lipinski definition) is 7. The molecule has 7 nitrogen and oxygen atoms in total. The number of H-pyrrole nitrogens is 1. The third kappa shape index (κ3) is 4.57. The number of aryl methyl sites for hydroxylation is 1. The first kappa shape index (κ1) is 22.7. The Bertz CT molecular complexity index is 1480. The Kier molecular flexibility index (Phi) is 6.13. The summed E-state index contributed by atoms with van der Waals surface area (Å²) in [5, 5.41) is 3.49. The van der Waals surface area contributed by atoms with Crippen molar-refractivity contribution in [2.45, 2.75) is 23.3 Å². The molecule has 2 aromatic carbocycles. The number of para-hydroxylation sites is 1. The van der Waals surface area contributed by atoms with Crippen molar-refractivity contribution in [1.82, 2.24) is 9.97 Å². The molecule has 0 aliphatic carbocycles. The molecule has 36 heavy (non-hydrogen) atoms. The minimum absolute atomic E-state index is 0.130. The Morgan fingerprint density at radius 2 is 1.97 bits per heavy atom. The molecular formula is C28H26N4O3S. The van der Waals surface area contributed by atoms with Gasteiger partial charge in [0.15, 0.2) is 5.75 Å². The highest BCUT2D eigenvalue weighted by Gasteiger charge is 2.23. The summed E-state index contributed by atoms with van der Waals surface area (Å²) in [5.74, 6) is 1.56. The van der Waals surface area contributed by atoms with Crippen LogP contribution in [0.1, 0.15) is 11.1 Å². The molecule has 0 spiro atoms. The monoisotopic (exact) mass is 498 g/mol. The van der Waals surface area contributed by atoms with E-state index < -0.39 is 0 Å². The number of aromatic amines is 1. The second kappa shape index (κ2) is 9.72. The summed E-state index contributed by atoms with van der Waals surface area (Å²) in [5.41, 5.74) is 5.79. The van der Waals surface area contributed by atoms with E-state index in [-0.39, 0.29) is 5.56 Å². The molecule has 8 heteroatoms. The molecule has 0 saturated carbocycles. The van der Waals surface area contributed by atoms with Gasteiger partial charge in [-0.05, 0) is 60.5 Å². The normalized spacial score (nSPS) is 14.5. The zero-order valence-corrected chi connectivity index (χ0v) is 20.7. The van der Waals surface area contributed by atoms with Gasteiger partial charge in [0.05, 0.1) is 28.7 Å². The lowest BCUT2D eigenvalue weighted by atomic mass is 10.1. The van der Waals surface area contributed by atoms with Crippen molar-refractivity contribution in [3.63, 3.8) is 0 Å². The van der Waals surface area contributed by atoms with E-state index in [1.54, 1.807) is 17.8 Å². The fourth-order valence-corrected chi connectivity index (χ4v) is 5.51. The maximum Gasteiger partial charge on any atom is 0.250 e. The van der Waals surface area contributed by atoms with Gasteiger partial charge in [0.1, 0.15) is 5.75 Å². The zero-order chi connectivity index (χ0) is 24.5. The number of hydrogen-bond donors (Lipinski definition) is 2. The standard InChI is InChI=1S/C28H26N4O3S/c1-18-7-8-29-16-19(18)17-30-20-5-6-24-26(13-20)36-25-4-2-3-22(28(25)35-24)23-14-21(15-27(33)31-23)32-9-11-34-12-10-32/h2-8,13-16,30H,9-12,17H2,1H3,(H,31,33). The van der Waals surface area contributed by atoms with Gasteiger partial charge in [-0.3, -0.25) is 9.78 Å². The maximum absolute atomic E-state index is 12.5. The summed E-state index contributed by atoms with van der Waals surface area (Å²) in [6, 6.07) is 17.9. The van der Waals surface area contributed by atoms with E-state index in [9.17, 15) is 4.79 Å². The highest BCUT2D eigenvalue weighted by atomic mass is 32.2. The van der Waals surface area contributed by atoms with Crippen LogP contribution in [0.15, 0.2) is 81.6 Å². The molecule has 1 saturated heterocycles. The molecule has 0 unspecified atom stereocenters. The highest BCUT2D eigenvalue weighted by molar-refractivity contribution is 7.99. The number of rotatable bonds is 5. The fourth-order valence-electron chi connectivity index (χ4n) is 4.48. The van der Waals surface area contributed by atoms with Crippen molar-refractivity contribution >= 4 is 23.1 Å². The Labute approximate surface area is 213 Å². The summed E-state index contributed by atoms with van der Waals surface area (Å²) in [6.07, 6.45) is 3.71. The zero-order valence-electron chi connectivity index (χ0n) is 19.9. The first-order valence-electron chi connectivity index (χ1n) is 12.0. The minimum atomic E-state index is -0.130. The highest BCUT2D eigenvalue weighted by Crippen LogP contribution is 2.51. The average molecular weight is 499 g/mol. The van der Waals surface area contributed by atoms with Crippen molar-refractivity contribution in [1.29, 1.82) is 0 Å². The molecule has 6 rings (SSSR count). The van der Waals surface area contributed by atoms with Gasteiger partial charge >= 0.3 is 0 Å². The number of nitrogens with one attached hydrogen (secondary N) is 2. The predicted molar refractivity (Wildman–Crippen MR) is 142 cm³/mol. The molecule has 4 heterocycles. The number of nitrogens with zero attached hydrogens (tertiary/aromatic N) is 2. The van der Waals surface area contributed by atoms with Crippen LogP contribution in [0.5, 0.6) is 11.5 Å². The Hall–Kier alpha value is -3.75. The maximum atomic E-state index is 12.5. The molecule has 2 aliphatic heterocycles. The third-order valence-corrected chi connectivity index (χ3v) is 7.56. The molecule has 0 radical (unpaired) electrons. The topological polar surface area (TPSA) is 79.5 Å². The predicted octanol–water partition coefficient (Wildman–Crippen LogP) is 5.45. The molecule has 2 aromatic heterocycles. The van der Waals surface area contributed by atoms with Gasteiger partial charge in [-0.1, -0.05) is 17.8 Å². The summed E-state index contributed by atoms with van der Waals surface area (Å²) in [7, 11) is 0. The van der Waals surface area contributed by atoms with Gasteiger partial charge in [-0.25, -0.2) is 0 Å². The van der Waals surface area contributed by atoms with Crippen molar-refractivity contribution in [2.24, 2.45) is 0 Å². The van der Waals surface area contributed by atoms with E-state index in [4.69, 9.17) is 9.47 Å². The van der Waals surface area contributed by atoms with Gasteiger partial charge in [-0.2, -0.15) is 0 Å². The SMILES string of the molecule is Cc1ccncc1CNc1ccc2c(c1)Sc1cccc(-c3cc(N4CCOCC4)cc(=O)[nH]3)c1O2. The van der Waals surface area contributed by atoms with Crippen LogP contribution in [0.4, 0.5) is 11.4 Å². The van der Waals surface area contributed by atoms with Crippen LogP contribution in [0, 0.1) is 6.92 Å². The molecule has 182 valence electrons. The van der Waals surface area contributed by atoms with Gasteiger partial charge in [0.25, 0.3) is 0 Å². The lowest BCUT2D eigenvalue weighted by Gasteiger charge is -2.29. The first-order valence-corrected chi connectivity index (χ1v) is 12.8. The number of morpholine rings is 1. The Morgan fingerprint density at radius 3 is 2.83 bits per heavy atom. The first-order chi connectivity index (χ1) is 17.6. The second-order valence-corrected chi connectivity index (χ2v) is 9.95. The van der Waals surface area contributed by atoms with Gasteiger partial charge in [-0.15, -0.1) is 0 Å². The number of fused-ring (bicyclic) bond motifs is 2. The molecular weight excluding hydrogens is 472 g/mol. The van der Waals surface area contributed by atoms with E-state index in [2.05, 4.69) is 39.2 Å². The second-order valence-electron chi connectivity index (χ2n) is 8.87. The number of ether oxygens (including phenoxy) is 2. The molecule has 0 bridgehead atoms. The lowest BCUT2D eigenvalue weighted by Crippen LogP contribution is -2.36. The van der Waals surface area contributed by atoms with Gasteiger partial charge in [0, 0.05) is 55.0 Å². The number of aromatic nitrogens is 2. The third-order valence-electron chi connectivity index (χ3n) is 6.48. The summed E-state index contributed by atoms with van der Waals surface area (Å²) < 4.78 is 11.9. The van der Waals surface area contributed by atoms with Crippen molar-refractivity contribution < 1.29 is 9.47 Å². The van der Waals surface area contributed by atoms with E-state index in [1.165, 1.54) is 11.1 Å². The largest absolute Gasteiger partial charge is 0.454 e. The summed E-state index contributed by atoms with van der Waals surface area (Å²) in [4.78, 5) is 24.0. The lowest BCUT2D eigenvalue weighted by molar-refractivity contribution is 0.122. The Balaban J connectivity index is 1.27. The van der Waals surface area contributed by atoms with Gasteiger partial charge < -0.3 is 24.7 Å². The van der Waals surface area contributed by atoms with E-state index in [1.807, 2.05) is 48.8 Å². The average Bonchev–Trinajstić information content (AvgIpc) is 2.91. The number of benzene rings is 2. The Morgan fingerprint density at radius 1 is 1.08 bits per heavy atom. The molecule has 2 aliphatic rings. The van der Waals surface area contributed by atoms with Gasteiger partial charge in [0.2, 0.25) is 5.56 Å². The van der Waals surface area contributed by atoms with Crippen LogP contribution in [0.2, 0.25) is 0 Å². The number of pyridine rings is 2. The minimum Gasteiger partial charge on any atom is -0.454 e. The van der Waals surface area contributed by atoms with Crippen LogP contribution in [-0.2, 0) is 11.3 Å². The van der Waals surface area contributed by atoms with E-state index in [0.717, 1.165) is 57.0 Å². The van der Waals surface area contributed by atoms with Crippen LogP contribution < -0.4 is 20.5 Å². The molecule has 2 N–H and O–H groups in total. The summed E-state index contributed by atoms with van der Waals surface area (Å²) in [6.45, 7) is 5.67. The quantitative estimate of drug-likeness (QED) is 0.334. The van der Waals surface area contributed by atoms with E-state index in [0.29, 0.717) is 19.8 Å². The molecule has 4 aromatic rings. The fraction of sp³-hybridized carbons (Fsp3) is 0.214. The smallest absolute Gasteiger partial charge is 0.250 e. The van der Waals surface area contributed by atoms with Crippen LogP contribution >= 0.6 is 11.8 Å². The van der Waals surface area contributed by atoms with Crippen molar-refractivity contribution in [3.05, 3.63) is 88.5 Å². The van der Waals surface area contributed by atoms with Crippen molar-refractivity contribution in [2.75, 3.05) is 36.5 Å².